The number of anilines is 1. The molecule has 3 N–H and O–H groups in total. The van der Waals surface area contributed by atoms with Gasteiger partial charge in [0.2, 0.25) is 0 Å². The summed E-state index contributed by atoms with van der Waals surface area (Å²) in [6.45, 7) is 0.499. The zero-order chi connectivity index (χ0) is 16.7. The molecular weight excluding hydrogens is 296 g/mol. The highest BCUT2D eigenvalue weighted by atomic mass is 16.5. The van der Waals surface area contributed by atoms with Crippen LogP contribution in [0.3, 0.4) is 0 Å². The molecule has 0 fully saturated rings. The number of benzene rings is 2. The van der Waals surface area contributed by atoms with Crippen LogP contribution in [0.1, 0.15) is 5.56 Å². The molecule has 2 aromatic rings. The first-order valence-corrected chi connectivity index (χ1v) is 7.08. The van der Waals surface area contributed by atoms with Crippen molar-refractivity contribution >= 4 is 11.6 Å². The van der Waals surface area contributed by atoms with Gasteiger partial charge in [-0.05, 0) is 29.8 Å². The molecule has 23 heavy (non-hydrogen) atoms. The monoisotopic (exact) mass is 316 g/mol. The van der Waals surface area contributed by atoms with Gasteiger partial charge in [-0.3, -0.25) is 4.79 Å². The predicted octanol–water partition coefficient (Wildman–Crippen LogP) is 2.18. The summed E-state index contributed by atoms with van der Waals surface area (Å²) in [6.07, 6.45) is 0. The predicted molar refractivity (Wildman–Crippen MR) is 88.0 cm³/mol. The van der Waals surface area contributed by atoms with Crippen LogP contribution in [-0.4, -0.2) is 26.7 Å². The lowest BCUT2D eigenvalue weighted by molar-refractivity contribution is -0.119. The Bertz CT molecular complexity index is 656. The molecule has 0 aromatic heterocycles. The number of carbonyl (C=O) groups is 1. The molecule has 6 nitrogen and oxygen atoms in total. The average molecular weight is 316 g/mol. The number of ether oxygens (including phenoxy) is 3. The van der Waals surface area contributed by atoms with Crippen molar-refractivity contribution in [2.75, 3.05) is 26.1 Å². The number of rotatable bonds is 8. The highest BCUT2D eigenvalue weighted by Crippen LogP contribution is 2.29. The molecule has 0 heterocycles. The summed E-state index contributed by atoms with van der Waals surface area (Å²) in [5.74, 6) is 1.56. The van der Waals surface area contributed by atoms with E-state index in [4.69, 9.17) is 19.9 Å². The van der Waals surface area contributed by atoms with Gasteiger partial charge >= 0.3 is 0 Å². The maximum atomic E-state index is 10.7. The minimum absolute atomic E-state index is 0.124. The van der Waals surface area contributed by atoms with E-state index in [1.165, 1.54) is 0 Å². The van der Waals surface area contributed by atoms with Crippen LogP contribution >= 0.6 is 0 Å². The van der Waals surface area contributed by atoms with Gasteiger partial charge in [-0.15, -0.1) is 0 Å². The summed E-state index contributed by atoms with van der Waals surface area (Å²) in [4.78, 5) is 10.7. The lowest BCUT2D eigenvalue weighted by Gasteiger charge is -2.13. The molecule has 0 saturated carbocycles. The number of primary amides is 1. The Morgan fingerprint density at radius 2 is 1.74 bits per heavy atom. The number of methoxy groups -OCH3 is 2. The molecule has 0 radical (unpaired) electrons. The lowest BCUT2D eigenvalue weighted by Crippen LogP contribution is -2.19. The zero-order valence-electron chi connectivity index (χ0n) is 13.2. The highest BCUT2D eigenvalue weighted by Gasteiger charge is 2.05. The van der Waals surface area contributed by atoms with E-state index in [9.17, 15) is 4.79 Å². The Morgan fingerprint density at radius 1 is 1.04 bits per heavy atom. The Balaban J connectivity index is 1.96. The van der Waals surface area contributed by atoms with Crippen molar-refractivity contribution in [1.29, 1.82) is 0 Å². The lowest BCUT2D eigenvalue weighted by atomic mass is 10.2. The maximum Gasteiger partial charge on any atom is 0.255 e. The van der Waals surface area contributed by atoms with Gasteiger partial charge < -0.3 is 25.3 Å². The van der Waals surface area contributed by atoms with E-state index >= 15 is 0 Å². The molecular formula is C17H20N2O4. The molecule has 2 aromatic carbocycles. The van der Waals surface area contributed by atoms with Gasteiger partial charge in [0.25, 0.3) is 5.91 Å². The second-order valence-electron chi connectivity index (χ2n) is 4.82. The van der Waals surface area contributed by atoms with Crippen LogP contribution in [0.25, 0.3) is 0 Å². The van der Waals surface area contributed by atoms with Crippen LogP contribution in [0.4, 0.5) is 5.69 Å². The first kappa shape index (κ1) is 16.5. The van der Waals surface area contributed by atoms with E-state index in [0.717, 1.165) is 17.0 Å². The van der Waals surface area contributed by atoms with Crippen molar-refractivity contribution in [2.24, 2.45) is 5.73 Å². The van der Waals surface area contributed by atoms with Crippen molar-refractivity contribution in [3.8, 4) is 17.2 Å². The van der Waals surface area contributed by atoms with E-state index in [1.54, 1.807) is 26.4 Å². The van der Waals surface area contributed by atoms with Crippen LogP contribution in [-0.2, 0) is 11.3 Å². The number of hydrogen-bond acceptors (Lipinski definition) is 5. The van der Waals surface area contributed by atoms with Crippen molar-refractivity contribution in [3.63, 3.8) is 0 Å². The summed E-state index contributed by atoms with van der Waals surface area (Å²) in [7, 11) is 3.23. The van der Waals surface area contributed by atoms with Gasteiger partial charge in [0.15, 0.2) is 6.61 Å². The fourth-order valence-electron chi connectivity index (χ4n) is 2.00. The van der Waals surface area contributed by atoms with E-state index in [-0.39, 0.29) is 6.61 Å². The quantitative estimate of drug-likeness (QED) is 0.780. The van der Waals surface area contributed by atoms with Gasteiger partial charge in [-0.25, -0.2) is 0 Å². The standard InChI is InChI=1S/C17H20N2O4/c1-21-14-7-8-15(16(9-14)22-2)19-10-12-3-5-13(6-4-12)23-11-17(18)20/h3-9,19H,10-11H2,1-2H3,(H2,18,20). The fourth-order valence-corrected chi connectivity index (χ4v) is 2.00. The maximum absolute atomic E-state index is 10.7. The number of amides is 1. The van der Waals surface area contributed by atoms with Crippen LogP contribution in [0.15, 0.2) is 42.5 Å². The average Bonchev–Trinajstić information content (AvgIpc) is 2.58. The molecule has 0 aliphatic heterocycles. The van der Waals surface area contributed by atoms with E-state index in [1.807, 2.05) is 30.3 Å². The second kappa shape index (κ2) is 7.93. The molecule has 1 amide bonds. The first-order chi connectivity index (χ1) is 11.1. The summed E-state index contributed by atoms with van der Waals surface area (Å²) in [6, 6.07) is 13.0. The van der Waals surface area contributed by atoms with Crippen molar-refractivity contribution in [2.45, 2.75) is 6.54 Å². The Labute approximate surface area is 135 Å². The minimum Gasteiger partial charge on any atom is -0.497 e. The fraction of sp³-hybridized carbons (Fsp3) is 0.235. The Hall–Kier alpha value is -2.89. The normalized spacial score (nSPS) is 10.0. The number of hydrogen-bond donors (Lipinski definition) is 2. The molecule has 0 bridgehead atoms. The van der Waals surface area contributed by atoms with Gasteiger partial charge in [0, 0.05) is 12.6 Å². The van der Waals surface area contributed by atoms with Crippen LogP contribution in [0, 0.1) is 0 Å². The summed E-state index contributed by atoms with van der Waals surface area (Å²) in [5, 5.41) is 3.31. The van der Waals surface area contributed by atoms with Gasteiger partial charge in [0.1, 0.15) is 17.2 Å². The largest absolute Gasteiger partial charge is 0.497 e. The van der Waals surface area contributed by atoms with Crippen LogP contribution < -0.4 is 25.3 Å². The molecule has 2 rings (SSSR count). The van der Waals surface area contributed by atoms with Crippen molar-refractivity contribution < 1.29 is 19.0 Å². The highest BCUT2D eigenvalue weighted by molar-refractivity contribution is 5.75. The molecule has 0 saturated heterocycles. The summed E-state index contributed by atoms with van der Waals surface area (Å²) < 4.78 is 15.7. The van der Waals surface area contributed by atoms with E-state index in [2.05, 4.69) is 5.32 Å². The first-order valence-electron chi connectivity index (χ1n) is 7.08. The van der Waals surface area contributed by atoms with Crippen LogP contribution in [0.2, 0.25) is 0 Å². The summed E-state index contributed by atoms with van der Waals surface area (Å²) >= 11 is 0. The Morgan fingerprint density at radius 3 is 2.35 bits per heavy atom. The third kappa shape index (κ3) is 4.81. The molecule has 6 heteroatoms. The molecule has 0 aliphatic carbocycles. The molecule has 0 atom stereocenters. The SMILES string of the molecule is COc1ccc(NCc2ccc(OCC(N)=O)cc2)c(OC)c1. The van der Waals surface area contributed by atoms with Crippen molar-refractivity contribution in [1.82, 2.24) is 0 Å². The van der Waals surface area contributed by atoms with Gasteiger partial charge in [-0.2, -0.15) is 0 Å². The number of nitrogens with one attached hydrogen (secondary N) is 1. The summed E-state index contributed by atoms with van der Waals surface area (Å²) in [5.41, 5.74) is 6.98. The topological polar surface area (TPSA) is 82.8 Å². The van der Waals surface area contributed by atoms with Crippen LogP contribution in [0.5, 0.6) is 17.2 Å². The number of carbonyl (C=O) groups excluding carboxylic acids is 1. The van der Waals surface area contributed by atoms with Gasteiger partial charge in [-0.1, -0.05) is 12.1 Å². The number of nitrogens with two attached hydrogens (primary N) is 1. The molecule has 122 valence electrons. The van der Waals surface area contributed by atoms with Gasteiger partial charge in [0.05, 0.1) is 19.9 Å². The third-order valence-electron chi connectivity index (χ3n) is 3.20. The smallest absolute Gasteiger partial charge is 0.255 e. The Kier molecular flexibility index (Phi) is 5.68. The third-order valence-corrected chi connectivity index (χ3v) is 3.20. The zero-order valence-corrected chi connectivity index (χ0v) is 13.2. The van der Waals surface area contributed by atoms with E-state index < -0.39 is 5.91 Å². The van der Waals surface area contributed by atoms with E-state index in [0.29, 0.717) is 18.0 Å². The molecule has 0 spiro atoms. The second-order valence-corrected chi connectivity index (χ2v) is 4.82. The molecule has 0 aliphatic rings. The minimum atomic E-state index is -0.498. The van der Waals surface area contributed by atoms with Crippen molar-refractivity contribution in [3.05, 3.63) is 48.0 Å². The molecule has 0 unspecified atom stereocenters.